The minimum absolute atomic E-state index is 0.0990. The predicted molar refractivity (Wildman–Crippen MR) is 106 cm³/mol. The van der Waals surface area contributed by atoms with E-state index < -0.39 is 0 Å². The highest BCUT2D eigenvalue weighted by Crippen LogP contribution is 2.26. The lowest BCUT2D eigenvalue weighted by Gasteiger charge is -2.12. The number of carbonyl (C=O) groups excluding carboxylic acids is 1. The molecule has 0 bridgehead atoms. The van der Waals surface area contributed by atoms with Crippen LogP contribution in [0.1, 0.15) is 42.9 Å². The van der Waals surface area contributed by atoms with Crippen LogP contribution >= 0.6 is 11.6 Å². The van der Waals surface area contributed by atoms with E-state index in [1.54, 1.807) is 16.9 Å². The number of carbonyl (C=O) groups is 1. The standard InChI is InChI=1S/C20H21ClN6O/c1-12(2)7-19-24-25-26-27(19)17-9-13(18-6-3-15(21)11-22-18)8-14(10-17)20(28)23-16-4-5-16/h3,6,8-12,16H,4-5,7H2,1-2H3,(H,23,28). The zero-order chi connectivity index (χ0) is 19.7. The first-order chi connectivity index (χ1) is 13.5. The van der Waals surface area contributed by atoms with Crippen molar-refractivity contribution in [1.29, 1.82) is 0 Å². The molecule has 7 nitrogen and oxygen atoms in total. The number of hydrogen-bond acceptors (Lipinski definition) is 5. The molecule has 8 heteroatoms. The van der Waals surface area contributed by atoms with Crippen LogP contribution < -0.4 is 5.32 Å². The van der Waals surface area contributed by atoms with Gasteiger partial charge in [0.05, 0.1) is 16.4 Å². The van der Waals surface area contributed by atoms with E-state index in [-0.39, 0.29) is 11.9 Å². The summed E-state index contributed by atoms with van der Waals surface area (Å²) < 4.78 is 1.69. The topological polar surface area (TPSA) is 85.6 Å². The SMILES string of the molecule is CC(C)Cc1nnnn1-c1cc(C(=O)NC2CC2)cc(-c2ccc(Cl)cn2)c1. The van der Waals surface area contributed by atoms with Gasteiger partial charge in [-0.3, -0.25) is 9.78 Å². The third kappa shape index (κ3) is 4.20. The van der Waals surface area contributed by atoms with Gasteiger partial charge in [-0.1, -0.05) is 25.4 Å². The van der Waals surface area contributed by atoms with Gasteiger partial charge in [-0.25, -0.2) is 0 Å². The molecule has 2 aromatic heterocycles. The van der Waals surface area contributed by atoms with E-state index in [1.807, 2.05) is 24.3 Å². The molecule has 1 aromatic carbocycles. The molecule has 0 radical (unpaired) electrons. The summed E-state index contributed by atoms with van der Waals surface area (Å²) >= 11 is 5.97. The van der Waals surface area contributed by atoms with Crippen LogP contribution in [0.5, 0.6) is 0 Å². The Bertz CT molecular complexity index is 994. The molecule has 0 atom stereocenters. The number of halogens is 1. The van der Waals surface area contributed by atoms with E-state index in [1.165, 1.54) is 0 Å². The lowest BCUT2D eigenvalue weighted by atomic mass is 10.0. The molecule has 1 aliphatic rings. The summed E-state index contributed by atoms with van der Waals surface area (Å²) in [5, 5.41) is 15.7. The van der Waals surface area contributed by atoms with Crippen molar-refractivity contribution in [3.05, 3.63) is 52.9 Å². The molecule has 2 heterocycles. The molecule has 3 aromatic rings. The number of aromatic nitrogens is 5. The number of amides is 1. The van der Waals surface area contributed by atoms with Crippen molar-refractivity contribution in [2.75, 3.05) is 0 Å². The minimum atomic E-state index is -0.0990. The summed E-state index contributed by atoms with van der Waals surface area (Å²) in [6.07, 6.45) is 4.39. The molecule has 0 aliphatic heterocycles. The van der Waals surface area contributed by atoms with Gasteiger partial charge >= 0.3 is 0 Å². The molecule has 1 amide bonds. The molecule has 1 aliphatic carbocycles. The molecule has 1 fully saturated rings. The number of pyridine rings is 1. The van der Waals surface area contributed by atoms with Crippen LogP contribution in [0.25, 0.3) is 16.9 Å². The number of hydrogen-bond donors (Lipinski definition) is 1. The Hall–Kier alpha value is -2.80. The van der Waals surface area contributed by atoms with E-state index in [4.69, 9.17) is 11.6 Å². The van der Waals surface area contributed by atoms with Crippen molar-refractivity contribution in [2.45, 2.75) is 39.2 Å². The van der Waals surface area contributed by atoms with Crippen molar-refractivity contribution >= 4 is 17.5 Å². The Labute approximate surface area is 168 Å². The second kappa shape index (κ2) is 7.67. The maximum Gasteiger partial charge on any atom is 0.251 e. The molecule has 0 unspecified atom stereocenters. The first-order valence-corrected chi connectivity index (χ1v) is 9.73. The van der Waals surface area contributed by atoms with Gasteiger partial charge in [0.2, 0.25) is 0 Å². The lowest BCUT2D eigenvalue weighted by molar-refractivity contribution is 0.0951. The third-order valence-corrected chi connectivity index (χ3v) is 4.71. The third-order valence-electron chi connectivity index (χ3n) is 4.49. The Morgan fingerprint density at radius 3 is 2.79 bits per heavy atom. The van der Waals surface area contributed by atoms with Crippen LogP contribution in [0.3, 0.4) is 0 Å². The second-order valence-electron chi connectivity index (χ2n) is 7.48. The number of tetrazole rings is 1. The molecule has 1 N–H and O–H groups in total. The zero-order valence-corrected chi connectivity index (χ0v) is 16.5. The van der Waals surface area contributed by atoms with Gasteiger partial charge in [0, 0.05) is 29.8 Å². The monoisotopic (exact) mass is 396 g/mol. The quantitative estimate of drug-likeness (QED) is 0.689. The van der Waals surface area contributed by atoms with Gasteiger partial charge in [0.15, 0.2) is 5.82 Å². The normalized spacial score (nSPS) is 13.7. The Morgan fingerprint density at radius 2 is 2.11 bits per heavy atom. The Kier molecular flexibility index (Phi) is 5.09. The highest BCUT2D eigenvalue weighted by molar-refractivity contribution is 6.30. The molecule has 4 rings (SSSR count). The van der Waals surface area contributed by atoms with Crippen molar-refractivity contribution in [2.24, 2.45) is 5.92 Å². The molecule has 0 spiro atoms. The van der Waals surface area contributed by atoms with Gasteiger partial charge in [-0.05, 0) is 59.5 Å². The van der Waals surface area contributed by atoms with Crippen LogP contribution in [-0.4, -0.2) is 37.1 Å². The smallest absolute Gasteiger partial charge is 0.251 e. The summed E-state index contributed by atoms with van der Waals surface area (Å²) in [6.45, 7) is 4.23. The fraction of sp³-hybridized carbons (Fsp3) is 0.350. The summed E-state index contributed by atoms with van der Waals surface area (Å²) in [5.41, 5.74) is 2.82. The van der Waals surface area contributed by atoms with Crippen molar-refractivity contribution in [1.82, 2.24) is 30.5 Å². The number of benzene rings is 1. The van der Waals surface area contributed by atoms with Crippen LogP contribution in [0.15, 0.2) is 36.5 Å². The van der Waals surface area contributed by atoms with Crippen LogP contribution in [-0.2, 0) is 6.42 Å². The van der Waals surface area contributed by atoms with Crippen molar-refractivity contribution in [3.63, 3.8) is 0 Å². The van der Waals surface area contributed by atoms with Crippen molar-refractivity contribution in [3.8, 4) is 16.9 Å². The molecule has 144 valence electrons. The average molecular weight is 397 g/mol. The largest absolute Gasteiger partial charge is 0.349 e. The lowest BCUT2D eigenvalue weighted by Crippen LogP contribution is -2.25. The predicted octanol–water partition coefficient (Wildman–Crippen LogP) is 3.47. The molecule has 0 saturated heterocycles. The average Bonchev–Trinajstić information content (AvgIpc) is 3.37. The van der Waals surface area contributed by atoms with Crippen LogP contribution in [0.4, 0.5) is 0 Å². The summed E-state index contributed by atoms with van der Waals surface area (Å²) in [5.74, 6) is 1.06. The van der Waals surface area contributed by atoms with Crippen LogP contribution in [0.2, 0.25) is 5.02 Å². The fourth-order valence-electron chi connectivity index (χ4n) is 2.95. The van der Waals surface area contributed by atoms with Crippen molar-refractivity contribution < 1.29 is 4.79 Å². The maximum absolute atomic E-state index is 12.7. The number of rotatable bonds is 6. The summed E-state index contributed by atoms with van der Waals surface area (Å²) in [4.78, 5) is 17.1. The molecular weight excluding hydrogens is 376 g/mol. The number of nitrogens with one attached hydrogen (secondary N) is 1. The van der Waals surface area contributed by atoms with Gasteiger partial charge in [-0.2, -0.15) is 4.68 Å². The highest BCUT2D eigenvalue weighted by Gasteiger charge is 2.24. The van der Waals surface area contributed by atoms with Gasteiger partial charge < -0.3 is 5.32 Å². The fourth-order valence-corrected chi connectivity index (χ4v) is 3.07. The van der Waals surface area contributed by atoms with Gasteiger partial charge in [0.25, 0.3) is 5.91 Å². The molecular formula is C20H21ClN6O. The Balaban J connectivity index is 1.78. The molecule has 1 saturated carbocycles. The minimum Gasteiger partial charge on any atom is -0.349 e. The van der Waals surface area contributed by atoms with E-state index in [2.05, 4.69) is 39.7 Å². The van der Waals surface area contributed by atoms with Gasteiger partial charge in [-0.15, -0.1) is 5.10 Å². The Morgan fingerprint density at radius 1 is 1.29 bits per heavy atom. The van der Waals surface area contributed by atoms with E-state index in [0.29, 0.717) is 16.5 Å². The van der Waals surface area contributed by atoms with Crippen LogP contribution in [0, 0.1) is 5.92 Å². The van der Waals surface area contributed by atoms with Gasteiger partial charge in [0.1, 0.15) is 0 Å². The van der Waals surface area contributed by atoms with E-state index in [0.717, 1.165) is 42.0 Å². The van der Waals surface area contributed by atoms with E-state index in [9.17, 15) is 4.79 Å². The maximum atomic E-state index is 12.7. The zero-order valence-electron chi connectivity index (χ0n) is 15.8. The summed E-state index contributed by atoms with van der Waals surface area (Å²) in [6, 6.07) is 9.48. The highest BCUT2D eigenvalue weighted by atomic mass is 35.5. The first-order valence-electron chi connectivity index (χ1n) is 9.35. The second-order valence-corrected chi connectivity index (χ2v) is 7.92. The first kappa shape index (κ1) is 18.6. The summed E-state index contributed by atoms with van der Waals surface area (Å²) in [7, 11) is 0. The molecule has 28 heavy (non-hydrogen) atoms. The van der Waals surface area contributed by atoms with E-state index >= 15 is 0 Å². The number of nitrogens with zero attached hydrogens (tertiary/aromatic N) is 5.